The number of rotatable bonds is 4. The molecule has 2 aliphatic heterocycles. The maximum Gasteiger partial charge on any atom is 0.233 e. The van der Waals surface area contributed by atoms with Gasteiger partial charge in [0.1, 0.15) is 0 Å². The zero-order valence-electron chi connectivity index (χ0n) is 11.0. The first kappa shape index (κ1) is 19.2. The van der Waals surface area contributed by atoms with Crippen molar-refractivity contribution in [3.8, 4) is 0 Å². The number of carbonyl (C=O) groups is 4. The molecule has 21 heavy (non-hydrogen) atoms. The first-order valence-electron chi connectivity index (χ1n) is 6.31. The van der Waals surface area contributed by atoms with Crippen LogP contribution in [0.5, 0.6) is 0 Å². The first-order valence-corrected chi connectivity index (χ1v) is 6.31. The Bertz CT molecular complexity index is 410. The number of likely N-dealkylation sites (tertiary alicyclic amines) is 2. The van der Waals surface area contributed by atoms with Crippen LogP contribution in [-0.2, 0) is 19.2 Å². The van der Waals surface area contributed by atoms with E-state index in [0.717, 1.165) is 9.80 Å². The molecular formula is C14H25N3O4. The van der Waals surface area contributed by atoms with Gasteiger partial charge in [-0.05, 0) is 0 Å². The van der Waals surface area contributed by atoms with E-state index in [1.54, 1.807) is 13.8 Å². The highest BCUT2D eigenvalue weighted by Crippen LogP contribution is 2.19. The van der Waals surface area contributed by atoms with Crippen LogP contribution in [0, 0.1) is 11.8 Å². The third-order valence-electron chi connectivity index (χ3n) is 3.48. The van der Waals surface area contributed by atoms with Crippen LogP contribution in [0.4, 0.5) is 0 Å². The normalized spacial score (nSPS) is 25.2. The molecular weight excluding hydrogens is 274 g/mol. The van der Waals surface area contributed by atoms with Gasteiger partial charge in [0.2, 0.25) is 23.6 Å². The summed E-state index contributed by atoms with van der Waals surface area (Å²) in [6.07, 6.45) is 0.443. The number of nitrogens with zero attached hydrogens (tertiary/aromatic N) is 2. The molecule has 0 bridgehead atoms. The number of hydrogen-bond donors (Lipinski definition) is 1. The van der Waals surface area contributed by atoms with E-state index in [0.29, 0.717) is 0 Å². The molecule has 7 heteroatoms. The highest BCUT2D eigenvalue weighted by atomic mass is 16.2. The summed E-state index contributed by atoms with van der Waals surface area (Å²) >= 11 is 0. The summed E-state index contributed by atoms with van der Waals surface area (Å²) in [7, 11) is 0. The Hall–Kier alpha value is -1.76. The van der Waals surface area contributed by atoms with Gasteiger partial charge in [-0.2, -0.15) is 0 Å². The number of hydrogen-bond acceptors (Lipinski definition) is 5. The Morgan fingerprint density at radius 3 is 1.43 bits per heavy atom. The van der Waals surface area contributed by atoms with E-state index < -0.39 is 0 Å². The second-order valence-corrected chi connectivity index (χ2v) is 5.10. The number of carbonyl (C=O) groups excluding carboxylic acids is 4. The van der Waals surface area contributed by atoms with Gasteiger partial charge in [-0.3, -0.25) is 34.3 Å². The SMILES string of the molecule is C.C.CC1CC(=O)N(CNCN2C(=O)CC(C)C2=O)C1=O. The minimum absolute atomic E-state index is 0. The van der Waals surface area contributed by atoms with Crippen LogP contribution < -0.4 is 5.32 Å². The van der Waals surface area contributed by atoms with Crippen molar-refractivity contribution in [1.82, 2.24) is 15.1 Å². The third kappa shape index (κ3) is 3.66. The molecule has 1 N–H and O–H groups in total. The Morgan fingerprint density at radius 2 is 1.19 bits per heavy atom. The van der Waals surface area contributed by atoms with Crippen LogP contribution in [0.1, 0.15) is 41.5 Å². The smallest absolute Gasteiger partial charge is 0.233 e. The van der Waals surface area contributed by atoms with Crippen molar-refractivity contribution in [2.45, 2.75) is 41.5 Å². The molecule has 0 aliphatic carbocycles. The molecule has 0 saturated carbocycles. The molecule has 2 saturated heterocycles. The minimum atomic E-state index is -0.288. The van der Waals surface area contributed by atoms with Gasteiger partial charge in [0.15, 0.2) is 0 Å². The van der Waals surface area contributed by atoms with Crippen LogP contribution in [-0.4, -0.2) is 46.8 Å². The Labute approximate surface area is 125 Å². The Morgan fingerprint density at radius 1 is 0.857 bits per heavy atom. The zero-order valence-corrected chi connectivity index (χ0v) is 11.0. The standard InChI is InChI=1S/C12H17N3O4.2CH4/c1-7-3-9(16)14(11(7)18)5-13-6-15-10(17)4-8(2)12(15)19;;/h7-8,13H,3-6H2,1-2H3;2*1H4. The van der Waals surface area contributed by atoms with Crippen molar-refractivity contribution in [2.75, 3.05) is 13.3 Å². The minimum Gasteiger partial charge on any atom is -0.281 e. The molecule has 120 valence electrons. The third-order valence-corrected chi connectivity index (χ3v) is 3.48. The van der Waals surface area contributed by atoms with Crippen LogP contribution in [0.3, 0.4) is 0 Å². The van der Waals surface area contributed by atoms with Gasteiger partial charge in [0.05, 0.1) is 13.3 Å². The van der Waals surface area contributed by atoms with Gasteiger partial charge in [-0.15, -0.1) is 0 Å². The fraction of sp³-hybridized carbons (Fsp3) is 0.714. The summed E-state index contributed by atoms with van der Waals surface area (Å²) in [4.78, 5) is 48.6. The van der Waals surface area contributed by atoms with Gasteiger partial charge < -0.3 is 0 Å². The maximum atomic E-state index is 11.6. The highest BCUT2D eigenvalue weighted by molar-refractivity contribution is 6.04. The van der Waals surface area contributed by atoms with E-state index in [-0.39, 0.29) is 76.5 Å². The molecule has 4 amide bonds. The van der Waals surface area contributed by atoms with E-state index in [9.17, 15) is 19.2 Å². The summed E-state index contributed by atoms with van der Waals surface area (Å²) in [5, 5.41) is 2.80. The van der Waals surface area contributed by atoms with Crippen LogP contribution in [0.2, 0.25) is 0 Å². The predicted octanol–water partition coefficient (Wildman–Crippen LogP) is 0.553. The maximum absolute atomic E-state index is 11.6. The van der Waals surface area contributed by atoms with Crippen LogP contribution in [0.15, 0.2) is 0 Å². The summed E-state index contributed by atoms with van der Waals surface area (Å²) in [6, 6.07) is 0. The molecule has 2 rings (SSSR count). The van der Waals surface area contributed by atoms with Crippen molar-refractivity contribution in [3.63, 3.8) is 0 Å². The zero-order chi connectivity index (χ0) is 14.2. The molecule has 2 heterocycles. The lowest BCUT2D eigenvalue weighted by molar-refractivity contribution is -0.140. The molecule has 0 radical (unpaired) electrons. The second-order valence-electron chi connectivity index (χ2n) is 5.10. The van der Waals surface area contributed by atoms with Gasteiger partial charge in [0.25, 0.3) is 0 Å². The molecule has 0 aromatic carbocycles. The van der Waals surface area contributed by atoms with Crippen molar-refractivity contribution in [1.29, 1.82) is 0 Å². The van der Waals surface area contributed by atoms with E-state index in [4.69, 9.17) is 0 Å². The number of imide groups is 2. The number of amides is 4. The Kier molecular flexibility index (Phi) is 6.69. The van der Waals surface area contributed by atoms with Crippen molar-refractivity contribution < 1.29 is 19.2 Å². The molecule has 0 aromatic heterocycles. The van der Waals surface area contributed by atoms with Gasteiger partial charge in [-0.25, -0.2) is 0 Å². The average molecular weight is 299 g/mol. The fourth-order valence-corrected chi connectivity index (χ4v) is 2.30. The lowest BCUT2D eigenvalue weighted by Gasteiger charge is -2.19. The molecule has 2 unspecified atom stereocenters. The molecule has 0 aromatic rings. The van der Waals surface area contributed by atoms with E-state index in [1.165, 1.54) is 0 Å². The van der Waals surface area contributed by atoms with Gasteiger partial charge in [-0.1, -0.05) is 28.7 Å². The summed E-state index contributed by atoms with van der Waals surface area (Å²) < 4.78 is 0. The van der Waals surface area contributed by atoms with E-state index in [1.807, 2.05) is 0 Å². The molecule has 2 fully saturated rings. The van der Waals surface area contributed by atoms with Gasteiger partial charge >= 0.3 is 0 Å². The summed E-state index contributed by atoms with van der Waals surface area (Å²) in [5.41, 5.74) is 0. The molecule has 2 atom stereocenters. The van der Waals surface area contributed by atoms with Crippen molar-refractivity contribution >= 4 is 23.6 Å². The fourth-order valence-electron chi connectivity index (χ4n) is 2.30. The molecule has 7 nitrogen and oxygen atoms in total. The highest BCUT2D eigenvalue weighted by Gasteiger charge is 2.37. The van der Waals surface area contributed by atoms with E-state index in [2.05, 4.69) is 5.32 Å². The second kappa shape index (κ2) is 7.31. The van der Waals surface area contributed by atoms with Crippen LogP contribution >= 0.6 is 0 Å². The lowest BCUT2D eigenvalue weighted by atomic mass is 10.1. The van der Waals surface area contributed by atoms with Gasteiger partial charge in [0, 0.05) is 24.7 Å². The molecule has 0 spiro atoms. The summed E-state index contributed by atoms with van der Waals surface area (Å²) in [5.74, 6) is -1.46. The van der Waals surface area contributed by atoms with E-state index >= 15 is 0 Å². The first-order chi connectivity index (χ1) is 8.91. The van der Waals surface area contributed by atoms with Crippen LogP contribution in [0.25, 0.3) is 0 Å². The summed E-state index contributed by atoms with van der Waals surface area (Å²) in [6.45, 7) is 3.48. The topological polar surface area (TPSA) is 86.8 Å². The quantitative estimate of drug-likeness (QED) is 0.766. The predicted molar refractivity (Wildman–Crippen MR) is 77.6 cm³/mol. The Balaban J connectivity index is 0.00000200. The monoisotopic (exact) mass is 299 g/mol. The largest absolute Gasteiger partial charge is 0.281 e. The lowest BCUT2D eigenvalue weighted by Crippen LogP contribution is -2.45. The van der Waals surface area contributed by atoms with Crippen molar-refractivity contribution in [2.24, 2.45) is 11.8 Å². The molecule has 2 aliphatic rings. The number of nitrogens with one attached hydrogen (secondary N) is 1. The average Bonchev–Trinajstić information content (AvgIpc) is 2.72. The van der Waals surface area contributed by atoms with Crippen molar-refractivity contribution in [3.05, 3.63) is 0 Å².